The topological polar surface area (TPSA) is 145 Å². The van der Waals surface area contributed by atoms with E-state index >= 15 is 0 Å². The molecule has 1 saturated carbocycles. The lowest BCUT2D eigenvalue weighted by Crippen LogP contribution is -2.54. The molecule has 1 aliphatic carbocycles. The summed E-state index contributed by atoms with van der Waals surface area (Å²) in [6.07, 6.45) is 5.46. The lowest BCUT2D eigenvalue weighted by molar-refractivity contribution is -0.125. The van der Waals surface area contributed by atoms with Crippen molar-refractivity contribution in [1.29, 1.82) is 0 Å². The van der Waals surface area contributed by atoms with E-state index in [1.807, 2.05) is 61.5 Å². The minimum Gasteiger partial charge on any atom is -0.349 e. The van der Waals surface area contributed by atoms with Crippen LogP contribution in [0.5, 0.6) is 0 Å². The van der Waals surface area contributed by atoms with Gasteiger partial charge < -0.3 is 20.9 Å². The zero-order valence-corrected chi connectivity index (χ0v) is 25.5. The summed E-state index contributed by atoms with van der Waals surface area (Å²) >= 11 is 0. The maximum Gasteiger partial charge on any atom is 0.319 e. The van der Waals surface area contributed by atoms with Gasteiger partial charge in [-0.05, 0) is 78.4 Å². The third-order valence-corrected chi connectivity index (χ3v) is 8.83. The molecule has 4 amide bonds. The number of aromatic nitrogens is 4. The van der Waals surface area contributed by atoms with Crippen LogP contribution >= 0.6 is 0 Å². The maximum atomic E-state index is 14.4. The summed E-state index contributed by atoms with van der Waals surface area (Å²) in [5.74, 6) is -0.267. The quantitative estimate of drug-likeness (QED) is 0.231. The van der Waals surface area contributed by atoms with Gasteiger partial charge in [0.15, 0.2) is 5.82 Å². The summed E-state index contributed by atoms with van der Waals surface area (Å²) in [4.78, 5) is 42.9. The second kappa shape index (κ2) is 12.9. The molecule has 11 nitrogen and oxygen atoms in total. The van der Waals surface area contributed by atoms with Crippen LogP contribution in [0.2, 0.25) is 0 Å². The molecule has 2 aliphatic rings. The van der Waals surface area contributed by atoms with Crippen LogP contribution in [0.3, 0.4) is 0 Å². The number of carbonyl (C=O) groups excluding carboxylic acids is 3. The zero-order valence-electron chi connectivity index (χ0n) is 25.5. The van der Waals surface area contributed by atoms with Crippen LogP contribution in [0.25, 0.3) is 11.4 Å². The summed E-state index contributed by atoms with van der Waals surface area (Å²) < 4.78 is 0. The molecule has 45 heavy (non-hydrogen) atoms. The number of urea groups is 1. The van der Waals surface area contributed by atoms with Crippen molar-refractivity contribution in [3.05, 3.63) is 89.5 Å². The molecule has 0 bridgehead atoms. The Morgan fingerprint density at radius 1 is 1.00 bits per heavy atom. The van der Waals surface area contributed by atoms with E-state index in [1.165, 1.54) is 6.42 Å². The highest BCUT2D eigenvalue weighted by Gasteiger charge is 2.38. The lowest BCUT2D eigenvalue weighted by Gasteiger charge is -2.35. The molecular weight excluding hydrogens is 568 g/mol. The Kier molecular flexibility index (Phi) is 8.59. The van der Waals surface area contributed by atoms with E-state index in [0.29, 0.717) is 29.2 Å². The Morgan fingerprint density at radius 3 is 2.56 bits per heavy atom. The highest BCUT2D eigenvalue weighted by molar-refractivity contribution is 6.05. The van der Waals surface area contributed by atoms with Crippen LogP contribution in [-0.2, 0) is 9.59 Å². The third-order valence-electron chi connectivity index (χ3n) is 8.83. The number of hydrogen-bond acceptors (Lipinski definition) is 6. The molecule has 6 rings (SSSR count). The number of H-pyrrole nitrogens is 1. The molecule has 4 aromatic rings. The second-order valence-corrected chi connectivity index (χ2v) is 12.3. The Labute approximate surface area is 262 Å². The molecule has 2 atom stereocenters. The number of fused-ring (bicyclic) bond motifs is 1. The van der Waals surface area contributed by atoms with E-state index in [9.17, 15) is 14.4 Å². The first kappa shape index (κ1) is 30.0. The van der Waals surface area contributed by atoms with Crippen molar-refractivity contribution in [2.75, 3.05) is 16.8 Å². The van der Waals surface area contributed by atoms with Crippen LogP contribution in [0.4, 0.5) is 16.2 Å². The van der Waals surface area contributed by atoms with E-state index in [-0.39, 0.29) is 29.8 Å². The Balaban J connectivity index is 1.30. The normalized spacial score (nSPS) is 19.2. The molecule has 1 aromatic heterocycles. The van der Waals surface area contributed by atoms with Gasteiger partial charge in [0.2, 0.25) is 11.8 Å². The zero-order chi connectivity index (χ0) is 31.4. The molecule has 0 spiro atoms. The number of tetrazole rings is 1. The monoisotopic (exact) mass is 606 g/mol. The molecule has 11 heteroatoms. The SMILES string of the molecule is Cc1ccc2c(c1)N(CC(=O)NC1(C)CCCCC1)C(=O)C(NC(=O)Nc1cccc(-c3nnn[nH]3)c1)CC2c1ccccc1. The van der Waals surface area contributed by atoms with Gasteiger partial charge in [0.05, 0.1) is 0 Å². The molecule has 1 fully saturated rings. The van der Waals surface area contributed by atoms with Gasteiger partial charge in [-0.2, -0.15) is 0 Å². The number of carbonyl (C=O) groups is 3. The fraction of sp³-hybridized carbons (Fsp3) is 0.353. The van der Waals surface area contributed by atoms with Crippen molar-refractivity contribution < 1.29 is 14.4 Å². The molecule has 2 heterocycles. The highest BCUT2D eigenvalue weighted by Crippen LogP contribution is 2.40. The average Bonchev–Trinajstić information content (AvgIpc) is 3.55. The predicted octanol–water partition coefficient (Wildman–Crippen LogP) is 5.07. The molecular formula is C34H38N8O3. The maximum absolute atomic E-state index is 14.4. The summed E-state index contributed by atoms with van der Waals surface area (Å²) in [5.41, 5.74) is 4.55. The number of nitrogens with zero attached hydrogens (tertiary/aromatic N) is 4. The number of amides is 4. The van der Waals surface area contributed by atoms with Crippen molar-refractivity contribution in [3.8, 4) is 11.4 Å². The predicted molar refractivity (Wildman–Crippen MR) is 172 cm³/mol. The van der Waals surface area contributed by atoms with Crippen LogP contribution < -0.4 is 20.9 Å². The number of aromatic amines is 1. The van der Waals surface area contributed by atoms with Crippen molar-refractivity contribution in [2.24, 2.45) is 0 Å². The second-order valence-electron chi connectivity index (χ2n) is 12.3. The van der Waals surface area contributed by atoms with Gasteiger partial charge in [-0.15, -0.1) is 5.10 Å². The first-order valence-corrected chi connectivity index (χ1v) is 15.5. The summed E-state index contributed by atoms with van der Waals surface area (Å²) in [7, 11) is 0. The van der Waals surface area contributed by atoms with Gasteiger partial charge in [-0.3, -0.25) is 9.59 Å². The standard InChI is InChI=1S/C34H38N8O3/c1-22-14-15-26-27(23-10-5-3-6-11-23)20-28(36-33(45)35-25-13-9-12-24(19-25)31-38-40-41-39-31)32(44)42(29(26)18-22)21-30(43)37-34(2)16-7-4-8-17-34/h3,5-6,9-15,18-19,27-28H,4,7-8,16-17,20-21H2,1-2H3,(H,37,43)(H2,35,36,45)(H,38,39,40,41). The van der Waals surface area contributed by atoms with Gasteiger partial charge in [-0.1, -0.05) is 73.9 Å². The average molecular weight is 607 g/mol. The van der Waals surface area contributed by atoms with Crippen molar-refractivity contribution in [1.82, 2.24) is 31.3 Å². The fourth-order valence-corrected chi connectivity index (χ4v) is 6.57. The number of rotatable bonds is 7. The highest BCUT2D eigenvalue weighted by atomic mass is 16.2. The van der Waals surface area contributed by atoms with Crippen molar-refractivity contribution >= 4 is 29.2 Å². The molecule has 1 aliphatic heterocycles. The number of hydrogen-bond donors (Lipinski definition) is 4. The first-order chi connectivity index (χ1) is 21.8. The smallest absolute Gasteiger partial charge is 0.319 e. The molecule has 2 unspecified atom stereocenters. The molecule has 4 N–H and O–H groups in total. The van der Waals surface area contributed by atoms with Gasteiger partial charge in [-0.25, -0.2) is 9.89 Å². The first-order valence-electron chi connectivity index (χ1n) is 15.5. The van der Waals surface area contributed by atoms with Crippen LogP contribution in [0.15, 0.2) is 72.8 Å². The fourth-order valence-electron chi connectivity index (χ4n) is 6.57. The largest absolute Gasteiger partial charge is 0.349 e. The van der Waals surface area contributed by atoms with Gasteiger partial charge >= 0.3 is 6.03 Å². The van der Waals surface area contributed by atoms with Crippen molar-refractivity contribution in [3.63, 3.8) is 0 Å². The summed E-state index contributed by atoms with van der Waals surface area (Å²) in [5, 5.41) is 22.9. The Morgan fingerprint density at radius 2 is 1.80 bits per heavy atom. The van der Waals surface area contributed by atoms with E-state index in [0.717, 1.165) is 42.4 Å². The van der Waals surface area contributed by atoms with Crippen molar-refractivity contribution in [2.45, 2.75) is 69.9 Å². The minimum atomic E-state index is -0.900. The lowest BCUT2D eigenvalue weighted by atomic mass is 9.83. The summed E-state index contributed by atoms with van der Waals surface area (Å²) in [6, 6.07) is 21.6. The van der Waals surface area contributed by atoms with Gasteiger partial charge in [0.25, 0.3) is 0 Å². The number of aryl methyl sites for hydroxylation is 1. The third kappa shape index (κ3) is 6.87. The van der Waals surface area contributed by atoms with E-state index in [1.54, 1.807) is 23.1 Å². The number of benzene rings is 3. The number of anilines is 2. The van der Waals surface area contributed by atoms with E-state index in [4.69, 9.17) is 0 Å². The molecule has 0 radical (unpaired) electrons. The van der Waals surface area contributed by atoms with Gasteiger partial charge in [0, 0.05) is 28.4 Å². The molecule has 3 aromatic carbocycles. The van der Waals surface area contributed by atoms with Crippen LogP contribution in [0.1, 0.15) is 68.1 Å². The van der Waals surface area contributed by atoms with E-state index < -0.39 is 12.1 Å². The Bertz CT molecular complexity index is 1670. The van der Waals surface area contributed by atoms with Crippen LogP contribution in [0, 0.1) is 6.92 Å². The molecule has 232 valence electrons. The van der Waals surface area contributed by atoms with Crippen LogP contribution in [-0.4, -0.2) is 56.6 Å². The number of nitrogens with one attached hydrogen (secondary N) is 4. The van der Waals surface area contributed by atoms with Gasteiger partial charge in [0.1, 0.15) is 12.6 Å². The Hall–Kier alpha value is -5.06. The minimum absolute atomic E-state index is 0.139. The summed E-state index contributed by atoms with van der Waals surface area (Å²) in [6.45, 7) is 3.92. The molecule has 0 saturated heterocycles. The van der Waals surface area contributed by atoms with E-state index in [2.05, 4.69) is 43.5 Å².